The third-order valence-corrected chi connectivity index (χ3v) is 1.42. The monoisotopic (exact) mass is 117 g/mol. The molecule has 1 unspecified atom stereocenters. The molecular formula is C6H15NO. The summed E-state index contributed by atoms with van der Waals surface area (Å²) in [5.41, 5.74) is 0. The van der Waals surface area contributed by atoms with E-state index in [1.807, 2.05) is 6.92 Å². The molecule has 0 aromatic heterocycles. The van der Waals surface area contributed by atoms with Gasteiger partial charge in [0.1, 0.15) is 0 Å². The van der Waals surface area contributed by atoms with Gasteiger partial charge in [0.05, 0.1) is 13.1 Å². The molecule has 0 amide bonds. The van der Waals surface area contributed by atoms with Gasteiger partial charge in [-0.15, -0.1) is 0 Å². The van der Waals surface area contributed by atoms with E-state index in [1.54, 1.807) is 7.05 Å². The van der Waals surface area contributed by atoms with Crippen LogP contribution in [0.5, 0.6) is 0 Å². The maximum absolute atomic E-state index is 10.5. The molecule has 0 fully saturated rings. The van der Waals surface area contributed by atoms with Gasteiger partial charge in [-0.1, -0.05) is 13.3 Å². The first-order chi connectivity index (χ1) is 3.68. The highest BCUT2D eigenvalue weighted by molar-refractivity contribution is 4.43. The largest absolute Gasteiger partial charge is 0.634 e. The van der Waals surface area contributed by atoms with Crippen molar-refractivity contribution in [2.75, 3.05) is 7.05 Å². The molecule has 1 N–H and O–H groups in total. The quantitative estimate of drug-likeness (QED) is 0.525. The van der Waals surface area contributed by atoms with Crippen LogP contribution in [0.1, 0.15) is 26.7 Å². The van der Waals surface area contributed by atoms with Crippen LogP contribution in [-0.4, -0.2) is 13.1 Å². The van der Waals surface area contributed by atoms with Crippen molar-refractivity contribution in [2.24, 2.45) is 0 Å². The summed E-state index contributed by atoms with van der Waals surface area (Å²) in [4.78, 5) is 0. The van der Waals surface area contributed by atoms with Crippen molar-refractivity contribution in [3.63, 3.8) is 0 Å². The number of nitrogens with one attached hydrogen (secondary N) is 1. The predicted octanol–water partition coefficient (Wildman–Crippen LogP) is 0.188. The molecule has 0 aliphatic carbocycles. The van der Waals surface area contributed by atoms with Crippen LogP contribution in [0, 0.1) is 5.21 Å². The fourth-order valence-corrected chi connectivity index (χ4v) is 0.636. The molecule has 2 heteroatoms. The number of hydrogen-bond acceptors (Lipinski definition) is 1. The molecule has 50 valence electrons. The molecule has 0 saturated heterocycles. The number of quaternary nitrogens is 1. The van der Waals surface area contributed by atoms with Crippen LogP contribution in [0.3, 0.4) is 0 Å². The molecule has 0 radical (unpaired) electrons. The van der Waals surface area contributed by atoms with Crippen molar-refractivity contribution in [3.8, 4) is 0 Å². The van der Waals surface area contributed by atoms with Gasteiger partial charge in [-0.05, 0) is 13.3 Å². The van der Waals surface area contributed by atoms with Gasteiger partial charge >= 0.3 is 0 Å². The number of hydroxylamine groups is 2. The SMILES string of the molecule is CCC[C@@H](C)[NH+](C)[O-]. The molecule has 0 heterocycles. The first-order valence-electron chi connectivity index (χ1n) is 3.19. The van der Waals surface area contributed by atoms with E-state index in [0.717, 1.165) is 12.8 Å². The van der Waals surface area contributed by atoms with Crippen molar-refractivity contribution >= 4 is 0 Å². The lowest BCUT2D eigenvalue weighted by atomic mass is 10.2. The highest BCUT2D eigenvalue weighted by Gasteiger charge is 2.00. The summed E-state index contributed by atoms with van der Waals surface area (Å²) in [7, 11) is 1.65. The molecule has 2 nitrogen and oxygen atoms in total. The Morgan fingerprint density at radius 2 is 2.12 bits per heavy atom. The standard InChI is InChI=1S/C6H15NO/c1-4-5-6(2)7(3)8/h6-7H,4-5H2,1-3H3/t6-/m1/s1. The van der Waals surface area contributed by atoms with Gasteiger partial charge in [-0.2, -0.15) is 0 Å². The zero-order valence-electron chi connectivity index (χ0n) is 5.90. The Morgan fingerprint density at radius 1 is 1.62 bits per heavy atom. The van der Waals surface area contributed by atoms with Gasteiger partial charge in [-0.25, -0.2) is 0 Å². The Morgan fingerprint density at radius 3 is 2.25 bits per heavy atom. The van der Waals surface area contributed by atoms with E-state index < -0.39 is 0 Å². The molecule has 0 spiro atoms. The summed E-state index contributed by atoms with van der Waals surface area (Å²) in [6, 6.07) is 0.278. The molecule has 0 saturated carbocycles. The second-order valence-electron chi connectivity index (χ2n) is 2.30. The lowest BCUT2D eigenvalue weighted by Crippen LogP contribution is -3.07. The summed E-state index contributed by atoms with van der Waals surface area (Å²) in [5, 5.41) is 10.8. The summed E-state index contributed by atoms with van der Waals surface area (Å²) in [6.07, 6.45) is 2.15. The molecule has 0 aliphatic rings. The zero-order chi connectivity index (χ0) is 6.57. The highest BCUT2D eigenvalue weighted by Crippen LogP contribution is 1.88. The highest BCUT2D eigenvalue weighted by atomic mass is 16.5. The Bertz CT molecular complexity index is 54.5. The van der Waals surface area contributed by atoms with Gasteiger partial charge in [0.25, 0.3) is 0 Å². The third-order valence-electron chi connectivity index (χ3n) is 1.42. The van der Waals surface area contributed by atoms with E-state index in [-0.39, 0.29) is 6.04 Å². The average molecular weight is 117 g/mol. The van der Waals surface area contributed by atoms with E-state index in [0.29, 0.717) is 5.06 Å². The first-order valence-corrected chi connectivity index (χ1v) is 3.19. The van der Waals surface area contributed by atoms with E-state index >= 15 is 0 Å². The fourth-order valence-electron chi connectivity index (χ4n) is 0.636. The van der Waals surface area contributed by atoms with Crippen LogP contribution in [0.2, 0.25) is 0 Å². The lowest BCUT2D eigenvalue weighted by Gasteiger charge is -2.23. The Balaban J connectivity index is 3.17. The smallest absolute Gasteiger partial charge is 0.0841 e. The number of rotatable bonds is 3. The van der Waals surface area contributed by atoms with Crippen LogP contribution in [0.25, 0.3) is 0 Å². The van der Waals surface area contributed by atoms with Crippen molar-refractivity contribution in [1.82, 2.24) is 0 Å². The molecule has 2 atom stereocenters. The topological polar surface area (TPSA) is 27.5 Å². The predicted molar refractivity (Wildman–Crippen MR) is 34.6 cm³/mol. The third kappa shape index (κ3) is 2.99. The molecule has 8 heavy (non-hydrogen) atoms. The van der Waals surface area contributed by atoms with E-state index in [4.69, 9.17) is 0 Å². The van der Waals surface area contributed by atoms with Gasteiger partial charge in [0, 0.05) is 0 Å². The maximum atomic E-state index is 10.5. The summed E-state index contributed by atoms with van der Waals surface area (Å²) in [5.74, 6) is 0. The molecular weight excluding hydrogens is 102 g/mol. The van der Waals surface area contributed by atoms with Crippen LogP contribution in [0.4, 0.5) is 0 Å². The summed E-state index contributed by atoms with van der Waals surface area (Å²) in [6.45, 7) is 4.07. The lowest BCUT2D eigenvalue weighted by molar-refractivity contribution is -0.852. The Hall–Kier alpha value is -0.0800. The van der Waals surface area contributed by atoms with Gasteiger partial charge in [0.15, 0.2) is 0 Å². The van der Waals surface area contributed by atoms with Crippen molar-refractivity contribution < 1.29 is 5.06 Å². The fraction of sp³-hybridized carbons (Fsp3) is 1.00. The van der Waals surface area contributed by atoms with E-state index in [1.165, 1.54) is 0 Å². The van der Waals surface area contributed by atoms with Crippen molar-refractivity contribution in [1.29, 1.82) is 0 Å². The molecule has 0 aliphatic heterocycles. The van der Waals surface area contributed by atoms with Crippen molar-refractivity contribution in [2.45, 2.75) is 32.7 Å². The minimum Gasteiger partial charge on any atom is -0.634 e. The van der Waals surface area contributed by atoms with E-state index in [2.05, 4.69) is 6.92 Å². The zero-order valence-corrected chi connectivity index (χ0v) is 5.90. The minimum atomic E-state index is 0.278. The first kappa shape index (κ1) is 7.92. The Kier molecular flexibility index (Phi) is 3.83. The number of hydrogen-bond donors (Lipinski definition) is 1. The second-order valence-corrected chi connectivity index (χ2v) is 2.30. The molecule has 0 bridgehead atoms. The molecule has 0 aromatic carbocycles. The van der Waals surface area contributed by atoms with Crippen LogP contribution in [0.15, 0.2) is 0 Å². The van der Waals surface area contributed by atoms with Gasteiger partial charge in [-0.3, -0.25) is 0 Å². The molecule has 0 aromatic rings. The van der Waals surface area contributed by atoms with Crippen LogP contribution in [-0.2, 0) is 0 Å². The van der Waals surface area contributed by atoms with Gasteiger partial charge in [0.2, 0.25) is 0 Å². The average Bonchev–Trinajstić information content (AvgIpc) is 1.67. The minimum absolute atomic E-state index is 0.278. The second kappa shape index (κ2) is 3.87. The van der Waals surface area contributed by atoms with Crippen molar-refractivity contribution in [3.05, 3.63) is 5.21 Å². The summed E-state index contributed by atoms with van der Waals surface area (Å²) >= 11 is 0. The van der Waals surface area contributed by atoms with Gasteiger partial charge < -0.3 is 10.3 Å². The van der Waals surface area contributed by atoms with Crippen LogP contribution < -0.4 is 5.06 Å². The summed E-state index contributed by atoms with van der Waals surface area (Å²) < 4.78 is 0. The van der Waals surface area contributed by atoms with Crippen LogP contribution >= 0.6 is 0 Å². The van der Waals surface area contributed by atoms with E-state index in [9.17, 15) is 5.21 Å². The Labute approximate surface area is 51.1 Å². The molecule has 0 rings (SSSR count). The maximum Gasteiger partial charge on any atom is 0.0841 e. The normalized spacial score (nSPS) is 18.0.